The molecule has 0 aliphatic carbocycles. The van der Waals surface area contributed by atoms with E-state index in [1.807, 2.05) is 4.90 Å². The van der Waals surface area contributed by atoms with Crippen molar-refractivity contribution in [2.45, 2.75) is 12.1 Å². The number of hydrogen-bond donors (Lipinski definition) is 0. The third-order valence-corrected chi connectivity index (χ3v) is 5.75. The zero-order valence-electron chi connectivity index (χ0n) is 14.1. The summed E-state index contributed by atoms with van der Waals surface area (Å²) >= 11 is 0. The highest BCUT2D eigenvalue weighted by molar-refractivity contribution is 7.88. The Morgan fingerprint density at radius 3 is 2.68 bits per heavy atom. The molecular weight excluding hydrogens is 354 g/mol. The van der Waals surface area contributed by atoms with E-state index in [0.717, 1.165) is 6.07 Å². The first-order valence-corrected chi connectivity index (χ1v) is 9.95. The van der Waals surface area contributed by atoms with E-state index >= 15 is 0 Å². The number of nitrogens with zero attached hydrogens (tertiary/aromatic N) is 2. The summed E-state index contributed by atoms with van der Waals surface area (Å²) in [5.74, 6) is -1.75. The van der Waals surface area contributed by atoms with Gasteiger partial charge in [0.1, 0.15) is 5.60 Å². The maximum atomic E-state index is 13.4. The van der Waals surface area contributed by atoms with Gasteiger partial charge in [0.25, 0.3) is 0 Å². The first-order valence-electron chi connectivity index (χ1n) is 8.11. The molecule has 0 radical (unpaired) electrons. The number of hydrogen-bond acceptors (Lipinski definition) is 5. The number of ether oxygens (including phenoxy) is 2. The normalized spacial score (nSPS) is 26.7. The standard InChI is InChI=1S/C16H22F2N2O4S/c1-25(21,22)20-5-6-23-12-16(11-20)10-19(4-7-24-16)9-13-2-3-14(17)15(18)8-13/h2-3,8H,4-7,9-12H2,1H3. The molecule has 0 amide bonds. The Labute approximate surface area is 146 Å². The molecule has 2 aliphatic rings. The minimum absolute atomic E-state index is 0.222. The lowest BCUT2D eigenvalue weighted by molar-refractivity contribution is -0.139. The Morgan fingerprint density at radius 1 is 1.16 bits per heavy atom. The van der Waals surface area contributed by atoms with Crippen LogP contribution in [0.25, 0.3) is 0 Å². The SMILES string of the molecule is CS(=O)(=O)N1CCOCC2(CN(Cc3ccc(F)c(F)c3)CCO2)C1. The van der Waals surface area contributed by atoms with Crippen molar-refractivity contribution in [3.63, 3.8) is 0 Å². The number of morpholine rings is 1. The van der Waals surface area contributed by atoms with E-state index in [1.54, 1.807) is 6.07 Å². The van der Waals surface area contributed by atoms with Gasteiger partial charge in [0, 0.05) is 32.7 Å². The molecule has 1 aromatic rings. The van der Waals surface area contributed by atoms with Gasteiger partial charge < -0.3 is 9.47 Å². The quantitative estimate of drug-likeness (QED) is 0.782. The molecule has 1 atom stereocenters. The lowest BCUT2D eigenvalue weighted by Crippen LogP contribution is -2.58. The highest BCUT2D eigenvalue weighted by Gasteiger charge is 2.42. The largest absolute Gasteiger partial charge is 0.377 e. The second kappa shape index (κ2) is 7.24. The van der Waals surface area contributed by atoms with Crippen LogP contribution in [0, 0.1) is 11.6 Å². The van der Waals surface area contributed by atoms with E-state index in [2.05, 4.69) is 0 Å². The summed E-state index contributed by atoms with van der Waals surface area (Å²) in [6.45, 7) is 3.07. The van der Waals surface area contributed by atoms with Crippen LogP contribution in [0.3, 0.4) is 0 Å². The smallest absolute Gasteiger partial charge is 0.211 e. The molecule has 140 valence electrons. The predicted octanol–water partition coefficient (Wildman–Crippen LogP) is 0.828. The molecule has 0 bridgehead atoms. The van der Waals surface area contributed by atoms with Crippen LogP contribution in [0.4, 0.5) is 8.78 Å². The topological polar surface area (TPSA) is 59.1 Å². The maximum absolute atomic E-state index is 13.4. The van der Waals surface area contributed by atoms with E-state index in [4.69, 9.17) is 9.47 Å². The van der Waals surface area contributed by atoms with E-state index in [1.165, 1.54) is 16.6 Å². The average molecular weight is 376 g/mol. The summed E-state index contributed by atoms with van der Waals surface area (Å²) in [7, 11) is -3.35. The lowest BCUT2D eigenvalue weighted by atomic mass is 10.0. The molecule has 9 heteroatoms. The first kappa shape index (κ1) is 18.7. The third kappa shape index (κ3) is 4.53. The van der Waals surface area contributed by atoms with Crippen LogP contribution in [0.2, 0.25) is 0 Å². The lowest BCUT2D eigenvalue weighted by Gasteiger charge is -2.43. The predicted molar refractivity (Wildman–Crippen MR) is 87.6 cm³/mol. The maximum Gasteiger partial charge on any atom is 0.211 e. The molecule has 1 unspecified atom stereocenters. The molecule has 25 heavy (non-hydrogen) atoms. The van der Waals surface area contributed by atoms with Gasteiger partial charge >= 0.3 is 0 Å². The van der Waals surface area contributed by atoms with Crippen molar-refractivity contribution in [1.29, 1.82) is 0 Å². The van der Waals surface area contributed by atoms with Gasteiger partial charge in [-0.05, 0) is 17.7 Å². The monoisotopic (exact) mass is 376 g/mol. The van der Waals surface area contributed by atoms with E-state index in [-0.39, 0.29) is 6.54 Å². The van der Waals surface area contributed by atoms with E-state index in [0.29, 0.717) is 51.6 Å². The molecule has 1 spiro atoms. The Kier molecular flexibility index (Phi) is 5.40. The van der Waals surface area contributed by atoms with Crippen LogP contribution >= 0.6 is 0 Å². The number of rotatable bonds is 3. The first-order chi connectivity index (χ1) is 11.8. The average Bonchev–Trinajstić information content (AvgIpc) is 2.74. The second-order valence-corrected chi connectivity index (χ2v) is 8.62. The van der Waals surface area contributed by atoms with Crippen molar-refractivity contribution in [2.24, 2.45) is 0 Å². The van der Waals surface area contributed by atoms with Gasteiger partial charge in [-0.15, -0.1) is 0 Å². The van der Waals surface area contributed by atoms with Crippen LogP contribution in [-0.4, -0.2) is 75.5 Å². The second-order valence-electron chi connectivity index (χ2n) is 6.64. The van der Waals surface area contributed by atoms with Gasteiger partial charge in [0.15, 0.2) is 11.6 Å². The molecule has 0 saturated carbocycles. The van der Waals surface area contributed by atoms with E-state index in [9.17, 15) is 17.2 Å². The molecule has 0 aromatic heterocycles. The van der Waals surface area contributed by atoms with Crippen molar-refractivity contribution >= 4 is 10.0 Å². The van der Waals surface area contributed by atoms with Gasteiger partial charge in [-0.2, -0.15) is 4.31 Å². The minimum Gasteiger partial charge on any atom is -0.377 e. The zero-order chi connectivity index (χ0) is 18.1. The highest BCUT2D eigenvalue weighted by Crippen LogP contribution is 2.25. The fourth-order valence-corrected chi connectivity index (χ4v) is 4.17. The zero-order valence-corrected chi connectivity index (χ0v) is 14.9. The summed E-state index contributed by atoms with van der Waals surface area (Å²) in [6.07, 6.45) is 1.17. The van der Waals surface area contributed by atoms with Gasteiger partial charge in [-0.1, -0.05) is 6.07 Å². The third-order valence-electron chi connectivity index (χ3n) is 4.50. The molecule has 1 aromatic carbocycles. The van der Waals surface area contributed by atoms with Crippen molar-refractivity contribution < 1.29 is 26.7 Å². The fourth-order valence-electron chi connectivity index (χ4n) is 3.29. The molecule has 2 aliphatic heterocycles. The van der Waals surface area contributed by atoms with Crippen LogP contribution in [0.5, 0.6) is 0 Å². The Morgan fingerprint density at radius 2 is 1.96 bits per heavy atom. The molecule has 2 saturated heterocycles. The molecule has 2 fully saturated rings. The van der Waals surface area contributed by atoms with Crippen molar-refractivity contribution in [3.05, 3.63) is 35.4 Å². The summed E-state index contributed by atoms with van der Waals surface area (Å²) in [4.78, 5) is 2.05. The van der Waals surface area contributed by atoms with Gasteiger partial charge in [-0.25, -0.2) is 17.2 Å². The van der Waals surface area contributed by atoms with Gasteiger partial charge in [0.05, 0.1) is 26.1 Å². The fraction of sp³-hybridized carbons (Fsp3) is 0.625. The van der Waals surface area contributed by atoms with Crippen molar-refractivity contribution in [2.75, 3.05) is 52.3 Å². The van der Waals surface area contributed by atoms with Crippen molar-refractivity contribution in [1.82, 2.24) is 9.21 Å². The van der Waals surface area contributed by atoms with Crippen LogP contribution in [-0.2, 0) is 26.0 Å². The molecular formula is C16H22F2N2O4S. The Balaban J connectivity index is 1.73. The summed E-state index contributed by atoms with van der Waals surface area (Å²) in [6, 6.07) is 3.85. The highest BCUT2D eigenvalue weighted by atomic mass is 32.2. The molecule has 0 N–H and O–H groups in total. The number of sulfonamides is 1. The van der Waals surface area contributed by atoms with E-state index < -0.39 is 27.3 Å². The number of benzene rings is 1. The number of halogens is 2. The Bertz CT molecular complexity index is 731. The summed E-state index contributed by atoms with van der Waals surface area (Å²) < 4.78 is 63.2. The summed E-state index contributed by atoms with van der Waals surface area (Å²) in [5, 5.41) is 0. The van der Waals surface area contributed by atoms with Crippen molar-refractivity contribution in [3.8, 4) is 0 Å². The Hall–Kier alpha value is -1.13. The van der Waals surface area contributed by atoms with Gasteiger partial charge in [0.2, 0.25) is 10.0 Å². The molecule has 6 nitrogen and oxygen atoms in total. The van der Waals surface area contributed by atoms with Crippen LogP contribution in [0.1, 0.15) is 5.56 Å². The minimum atomic E-state index is -3.35. The van der Waals surface area contributed by atoms with Gasteiger partial charge in [-0.3, -0.25) is 4.90 Å². The summed E-state index contributed by atoms with van der Waals surface area (Å²) in [5.41, 5.74) is -0.0957. The molecule has 2 heterocycles. The van der Waals surface area contributed by atoms with Crippen LogP contribution in [0.15, 0.2) is 18.2 Å². The molecule has 3 rings (SSSR count). The van der Waals surface area contributed by atoms with Crippen LogP contribution < -0.4 is 0 Å².